The molecule has 4 aromatic rings. The topological polar surface area (TPSA) is 118 Å². The van der Waals surface area contributed by atoms with E-state index < -0.39 is 6.10 Å². The van der Waals surface area contributed by atoms with Crippen LogP contribution in [0.1, 0.15) is 54.4 Å². The molecule has 0 fully saturated rings. The molecule has 2 amide bonds. The van der Waals surface area contributed by atoms with Gasteiger partial charge in [0.1, 0.15) is 17.1 Å². The summed E-state index contributed by atoms with van der Waals surface area (Å²) in [7, 11) is 1.60. The summed E-state index contributed by atoms with van der Waals surface area (Å²) in [5.41, 5.74) is 5.30. The van der Waals surface area contributed by atoms with Crippen LogP contribution in [0.25, 0.3) is 22.4 Å². The van der Waals surface area contributed by atoms with Crippen LogP contribution in [-0.4, -0.2) is 51.9 Å². The standard InChI is InChI=1S/C31H35N5O4/c1-5-36-28(30(38)32-4)26(27(35-36)23-14-16-33-17-15-23)22-10-12-25(13-11-22)40-29(31(39)34-18-19-37)24-8-6-21(7-9-24)20(2)3/h6-17,20,29,37H,5,18-19H2,1-4H3,(H,32,38)(H,34,39). The number of amides is 2. The molecule has 0 saturated carbocycles. The molecular weight excluding hydrogens is 506 g/mol. The number of aliphatic hydroxyl groups is 1. The van der Waals surface area contributed by atoms with Gasteiger partial charge in [-0.1, -0.05) is 50.2 Å². The number of nitrogens with zero attached hydrogens (tertiary/aromatic N) is 3. The minimum Gasteiger partial charge on any atom is -0.476 e. The fourth-order valence-electron chi connectivity index (χ4n) is 4.46. The van der Waals surface area contributed by atoms with Gasteiger partial charge in [-0.25, -0.2) is 0 Å². The number of carbonyl (C=O) groups is 2. The maximum absolute atomic E-state index is 13.0. The van der Waals surface area contributed by atoms with Gasteiger partial charge in [0.25, 0.3) is 11.8 Å². The molecule has 0 aliphatic carbocycles. The highest BCUT2D eigenvalue weighted by atomic mass is 16.5. The second-order valence-corrected chi connectivity index (χ2v) is 9.56. The predicted molar refractivity (Wildman–Crippen MR) is 154 cm³/mol. The number of aliphatic hydroxyl groups excluding tert-OH is 1. The van der Waals surface area contributed by atoms with Crippen LogP contribution in [0.3, 0.4) is 0 Å². The number of benzene rings is 2. The minimum atomic E-state index is -0.907. The maximum atomic E-state index is 13.0. The van der Waals surface area contributed by atoms with Crippen molar-refractivity contribution < 1.29 is 19.4 Å². The van der Waals surface area contributed by atoms with E-state index in [1.54, 1.807) is 36.3 Å². The molecule has 0 aliphatic heterocycles. The van der Waals surface area contributed by atoms with E-state index in [1.807, 2.05) is 55.5 Å². The Balaban J connectivity index is 1.71. The molecule has 0 radical (unpaired) electrons. The van der Waals surface area contributed by atoms with Crippen LogP contribution in [0.15, 0.2) is 73.1 Å². The Kier molecular flexibility index (Phi) is 9.29. The summed E-state index contributed by atoms with van der Waals surface area (Å²) in [4.78, 5) is 30.1. The Hall–Kier alpha value is -4.50. The van der Waals surface area contributed by atoms with Gasteiger partial charge >= 0.3 is 0 Å². The molecule has 9 nitrogen and oxygen atoms in total. The predicted octanol–water partition coefficient (Wildman–Crippen LogP) is 4.34. The number of hydrogen-bond acceptors (Lipinski definition) is 6. The second kappa shape index (κ2) is 13.0. The molecule has 0 spiro atoms. The zero-order valence-corrected chi connectivity index (χ0v) is 23.2. The Morgan fingerprint density at radius 1 is 0.950 bits per heavy atom. The van der Waals surface area contributed by atoms with E-state index in [4.69, 9.17) is 9.84 Å². The van der Waals surface area contributed by atoms with Crippen molar-refractivity contribution in [3.8, 4) is 28.1 Å². The van der Waals surface area contributed by atoms with Gasteiger partial charge in [-0.05, 0) is 48.2 Å². The van der Waals surface area contributed by atoms with E-state index in [9.17, 15) is 14.7 Å². The third-order valence-electron chi connectivity index (χ3n) is 6.60. The van der Waals surface area contributed by atoms with Crippen molar-refractivity contribution in [2.75, 3.05) is 20.2 Å². The smallest absolute Gasteiger partial charge is 0.269 e. The van der Waals surface area contributed by atoms with Gasteiger partial charge in [0, 0.05) is 49.2 Å². The van der Waals surface area contributed by atoms with Crippen LogP contribution < -0.4 is 15.4 Å². The molecule has 40 heavy (non-hydrogen) atoms. The number of aryl methyl sites for hydroxylation is 1. The number of rotatable bonds is 11. The fraction of sp³-hybridized carbons (Fsp3) is 0.290. The summed E-state index contributed by atoms with van der Waals surface area (Å²) in [6, 6.07) is 18.7. The van der Waals surface area contributed by atoms with E-state index in [0.29, 0.717) is 40.7 Å². The van der Waals surface area contributed by atoms with Gasteiger partial charge in [-0.2, -0.15) is 5.10 Å². The fourth-order valence-corrected chi connectivity index (χ4v) is 4.46. The zero-order chi connectivity index (χ0) is 28.6. The van der Waals surface area contributed by atoms with E-state index in [0.717, 1.165) is 16.7 Å². The Morgan fingerprint density at radius 3 is 2.17 bits per heavy atom. The minimum absolute atomic E-state index is 0.128. The van der Waals surface area contributed by atoms with Crippen molar-refractivity contribution in [3.63, 3.8) is 0 Å². The highest BCUT2D eigenvalue weighted by Crippen LogP contribution is 2.36. The molecule has 4 rings (SSSR count). The summed E-state index contributed by atoms with van der Waals surface area (Å²) >= 11 is 0. The summed E-state index contributed by atoms with van der Waals surface area (Å²) in [6.45, 7) is 6.63. The van der Waals surface area contributed by atoms with Gasteiger partial charge < -0.3 is 20.5 Å². The van der Waals surface area contributed by atoms with Crippen molar-refractivity contribution in [2.24, 2.45) is 0 Å². The number of nitrogens with one attached hydrogen (secondary N) is 2. The third-order valence-corrected chi connectivity index (χ3v) is 6.60. The lowest BCUT2D eigenvalue weighted by atomic mass is 9.98. The molecule has 9 heteroatoms. The van der Waals surface area contributed by atoms with Gasteiger partial charge in [0.2, 0.25) is 6.10 Å². The average molecular weight is 542 g/mol. The Bertz CT molecular complexity index is 1430. The molecule has 3 N–H and O–H groups in total. The summed E-state index contributed by atoms with van der Waals surface area (Å²) in [5.74, 6) is 0.255. The first-order valence-electron chi connectivity index (χ1n) is 13.4. The molecule has 1 unspecified atom stereocenters. The van der Waals surface area contributed by atoms with Crippen LogP contribution >= 0.6 is 0 Å². The molecule has 1 atom stereocenters. The van der Waals surface area contributed by atoms with Crippen LogP contribution in [0.5, 0.6) is 5.75 Å². The average Bonchev–Trinajstić information content (AvgIpc) is 3.39. The quantitative estimate of drug-likeness (QED) is 0.260. The lowest BCUT2D eigenvalue weighted by molar-refractivity contribution is -0.128. The lowest BCUT2D eigenvalue weighted by Crippen LogP contribution is -2.34. The Labute approximate surface area is 234 Å². The lowest BCUT2D eigenvalue weighted by Gasteiger charge is -2.20. The molecule has 0 saturated heterocycles. The largest absolute Gasteiger partial charge is 0.476 e. The zero-order valence-electron chi connectivity index (χ0n) is 23.2. The summed E-state index contributed by atoms with van der Waals surface area (Å²) in [6.07, 6.45) is 2.47. The van der Waals surface area contributed by atoms with Crippen LogP contribution in [0, 0.1) is 0 Å². The van der Waals surface area contributed by atoms with Gasteiger partial charge in [0.05, 0.1) is 6.61 Å². The van der Waals surface area contributed by atoms with Crippen molar-refractivity contribution in [2.45, 2.75) is 39.3 Å². The van der Waals surface area contributed by atoms with E-state index in [-0.39, 0.29) is 25.0 Å². The molecule has 0 aliphatic rings. The van der Waals surface area contributed by atoms with Crippen molar-refractivity contribution in [1.82, 2.24) is 25.4 Å². The summed E-state index contributed by atoms with van der Waals surface area (Å²) in [5, 5.41) is 19.4. The van der Waals surface area contributed by atoms with E-state index in [2.05, 4.69) is 29.5 Å². The van der Waals surface area contributed by atoms with E-state index in [1.165, 1.54) is 0 Å². The van der Waals surface area contributed by atoms with Crippen molar-refractivity contribution in [3.05, 3.63) is 89.9 Å². The van der Waals surface area contributed by atoms with Crippen LogP contribution in [0.2, 0.25) is 0 Å². The third kappa shape index (κ3) is 6.21. The SMILES string of the molecule is CCn1nc(-c2ccncc2)c(-c2ccc(OC(C(=O)NCCO)c3ccc(C(C)C)cc3)cc2)c1C(=O)NC. The first-order chi connectivity index (χ1) is 19.4. The number of aromatic nitrogens is 3. The normalized spacial score (nSPS) is 11.8. The monoisotopic (exact) mass is 541 g/mol. The molecule has 2 aromatic heterocycles. The second-order valence-electron chi connectivity index (χ2n) is 9.56. The molecule has 0 bridgehead atoms. The van der Waals surface area contributed by atoms with Gasteiger partial charge in [-0.15, -0.1) is 0 Å². The maximum Gasteiger partial charge on any atom is 0.269 e. The molecule has 2 heterocycles. The Morgan fingerprint density at radius 2 is 1.60 bits per heavy atom. The first kappa shape index (κ1) is 28.5. The summed E-state index contributed by atoms with van der Waals surface area (Å²) < 4.78 is 7.88. The van der Waals surface area contributed by atoms with Crippen molar-refractivity contribution >= 4 is 11.8 Å². The highest BCUT2D eigenvalue weighted by molar-refractivity contribution is 6.03. The number of carbonyl (C=O) groups excluding carboxylic acids is 2. The van der Waals surface area contributed by atoms with E-state index >= 15 is 0 Å². The number of ether oxygens (including phenoxy) is 1. The molecule has 208 valence electrons. The molecule has 2 aromatic carbocycles. The number of hydrogen-bond donors (Lipinski definition) is 3. The first-order valence-corrected chi connectivity index (χ1v) is 13.4. The highest BCUT2D eigenvalue weighted by Gasteiger charge is 2.26. The van der Waals surface area contributed by atoms with Gasteiger partial charge in [-0.3, -0.25) is 19.3 Å². The number of pyridine rings is 1. The molecular formula is C31H35N5O4. The van der Waals surface area contributed by atoms with Crippen LogP contribution in [0.4, 0.5) is 0 Å². The van der Waals surface area contributed by atoms with Crippen molar-refractivity contribution in [1.29, 1.82) is 0 Å². The van der Waals surface area contributed by atoms with Gasteiger partial charge in [0.15, 0.2) is 0 Å². The van der Waals surface area contributed by atoms with Crippen LogP contribution in [-0.2, 0) is 11.3 Å².